The van der Waals surface area contributed by atoms with Gasteiger partial charge in [0.25, 0.3) is 0 Å². The summed E-state index contributed by atoms with van der Waals surface area (Å²) in [6, 6.07) is 0. The predicted molar refractivity (Wildman–Crippen MR) is 67.8 cm³/mol. The van der Waals surface area contributed by atoms with Crippen molar-refractivity contribution in [2.24, 2.45) is 17.6 Å². The molecule has 0 bridgehead atoms. The van der Waals surface area contributed by atoms with E-state index in [1.807, 2.05) is 0 Å². The van der Waals surface area contributed by atoms with Gasteiger partial charge in [0.2, 0.25) is 0 Å². The third-order valence-electron chi connectivity index (χ3n) is 3.47. The van der Waals surface area contributed by atoms with Crippen LogP contribution in [0.1, 0.15) is 30.9 Å². The fourth-order valence-electron chi connectivity index (χ4n) is 2.44. The van der Waals surface area contributed by atoms with Gasteiger partial charge in [0.15, 0.2) is 3.92 Å². The summed E-state index contributed by atoms with van der Waals surface area (Å²) in [4.78, 5) is 15.3. The van der Waals surface area contributed by atoms with Crippen LogP contribution in [-0.4, -0.2) is 17.2 Å². The highest BCUT2D eigenvalue weighted by molar-refractivity contribution is 9.11. The number of nitrogens with two attached hydrogens (primary N) is 1. The fraction of sp³-hybridized carbons (Fsp3) is 0.636. The van der Waals surface area contributed by atoms with Gasteiger partial charge in [0, 0.05) is 17.2 Å². The molecule has 3 unspecified atom stereocenters. The molecule has 17 heavy (non-hydrogen) atoms. The average molecular weight is 317 g/mol. The number of thiazole rings is 1. The summed E-state index contributed by atoms with van der Waals surface area (Å²) in [5, 5.41) is 2.07. The van der Waals surface area contributed by atoms with Gasteiger partial charge in [-0.2, -0.15) is 0 Å². The van der Waals surface area contributed by atoms with Gasteiger partial charge in [-0.15, -0.1) is 11.3 Å². The van der Waals surface area contributed by atoms with Crippen LogP contribution in [0.4, 0.5) is 4.79 Å². The molecule has 6 heteroatoms. The Bertz CT molecular complexity index is 446. The number of primary amides is 1. The monoisotopic (exact) mass is 316 g/mol. The normalized spacial score (nSPS) is 28.8. The summed E-state index contributed by atoms with van der Waals surface area (Å²) >= 11 is 4.97. The quantitative estimate of drug-likeness (QED) is 0.928. The van der Waals surface area contributed by atoms with Gasteiger partial charge in [-0.05, 0) is 41.1 Å². The van der Waals surface area contributed by atoms with Gasteiger partial charge in [0.05, 0.1) is 5.69 Å². The smallest absolute Gasteiger partial charge is 0.404 e. The number of hydrogen-bond donors (Lipinski definition) is 1. The van der Waals surface area contributed by atoms with E-state index in [0.717, 1.165) is 28.9 Å². The van der Waals surface area contributed by atoms with Crippen LogP contribution in [0.3, 0.4) is 0 Å². The predicted octanol–water partition coefficient (Wildman–Crippen LogP) is 2.88. The van der Waals surface area contributed by atoms with Gasteiger partial charge >= 0.3 is 6.09 Å². The van der Waals surface area contributed by atoms with Crippen molar-refractivity contribution in [2.75, 3.05) is 0 Å². The first-order valence-electron chi connectivity index (χ1n) is 5.72. The van der Waals surface area contributed by atoms with E-state index in [4.69, 9.17) is 10.5 Å². The van der Waals surface area contributed by atoms with E-state index in [1.165, 1.54) is 0 Å². The Morgan fingerprint density at radius 2 is 2.41 bits per heavy atom. The second-order valence-electron chi connectivity index (χ2n) is 4.77. The molecule has 0 spiro atoms. The van der Waals surface area contributed by atoms with Gasteiger partial charge in [-0.3, -0.25) is 0 Å². The van der Waals surface area contributed by atoms with E-state index >= 15 is 0 Å². The lowest BCUT2D eigenvalue weighted by Crippen LogP contribution is -2.26. The van der Waals surface area contributed by atoms with Crippen LogP contribution < -0.4 is 5.73 Å². The van der Waals surface area contributed by atoms with Crippen LogP contribution in [0.5, 0.6) is 0 Å². The van der Waals surface area contributed by atoms with Crippen molar-refractivity contribution < 1.29 is 9.53 Å². The average Bonchev–Trinajstić information content (AvgIpc) is 3.16. The molecule has 1 heterocycles. The summed E-state index contributed by atoms with van der Waals surface area (Å²) in [7, 11) is 0. The van der Waals surface area contributed by atoms with E-state index in [-0.39, 0.29) is 6.10 Å². The minimum atomic E-state index is -0.646. The number of aromatic nitrogens is 1. The number of carbonyl (C=O) groups excluding carboxylic acids is 1. The minimum absolute atomic E-state index is 0.0120. The van der Waals surface area contributed by atoms with E-state index < -0.39 is 6.09 Å². The molecule has 92 valence electrons. The first-order chi connectivity index (χ1) is 8.15. The zero-order valence-corrected chi connectivity index (χ0v) is 11.5. The molecule has 2 fully saturated rings. The molecular weight excluding hydrogens is 304 g/mol. The maximum Gasteiger partial charge on any atom is 0.404 e. The lowest BCUT2D eigenvalue weighted by molar-refractivity contribution is 0.0783. The standard InChI is InChI=1S/C11H13BrN2O2S/c12-10-14-8(4-17-10)6-3-7(6)9(5-1-2-5)16-11(13)15/h4-7,9H,1-3H2,(H2,13,15). The highest BCUT2D eigenvalue weighted by atomic mass is 79.9. The summed E-state index contributed by atoms with van der Waals surface area (Å²) in [6.07, 6.45) is 2.74. The Morgan fingerprint density at radius 3 is 2.94 bits per heavy atom. The lowest BCUT2D eigenvalue weighted by Gasteiger charge is -2.15. The van der Waals surface area contributed by atoms with Crippen molar-refractivity contribution in [1.29, 1.82) is 0 Å². The van der Waals surface area contributed by atoms with Crippen LogP contribution in [0, 0.1) is 11.8 Å². The highest BCUT2D eigenvalue weighted by Crippen LogP contribution is 2.55. The number of hydrogen-bond acceptors (Lipinski definition) is 4. The van der Waals surface area contributed by atoms with Gasteiger partial charge < -0.3 is 10.5 Å². The lowest BCUT2D eigenvalue weighted by atomic mass is 10.1. The van der Waals surface area contributed by atoms with Crippen LogP contribution in [0.15, 0.2) is 9.30 Å². The molecule has 0 aliphatic heterocycles. The summed E-state index contributed by atoms with van der Waals surface area (Å²) in [5.41, 5.74) is 6.25. The van der Waals surface area contributed by atoms with Crippen molar-refractivity contribution >= 4 is 33.4 Å². The molecule has 2 N–H and O–H groups in total. The topological polar surface area (TPSA) is 65.2 Å². The van der Waals surface area contributed by atoms with Crippen molar-refractivity contribution in [2.45, 2.75) is 31.3 Å². The van der Waals surface area contributed by atoms with Crippen LogP contribution in [0.25, 0.3) is 0 Å². The number of nitrogens with zero attached hydrogens (tertiary/aromatic N) is 1. The van der Waals surface area contributed by atoms with Gasteiger partial charge in [-0.25, -0.2) is 9.78 Å². The molecule has 0 aromatic carbocycles. The van der Waals surface area contributed by atoms with E-state index in [2.05, 4.69) is 26.3 Å². The van der Waals surface area contributed by atoms with E-state index in [0.29, 0.717) is 17.8 Å². The summed E-state index contributed by atoms with van der Waals surface area (Å²) < 4.78 is 6.17. The Labute approximate surface area is 112 Å². The number of amides is 1. The number of halogens is 1. The zero-order valence-electron chi connectivity index (χ0n) is 9.14. The van der Waals surface area contributed by atoms with Crippen molar-refractivity contribution in [3.63, 3.8) is 0 Å². The molecule has 1 aromatic rings. The van der Waals surface area contributed by atoms with E-state index in [1.54, 1.807) is 11.3 Å². The molecule has 3 rings (SSSR count). The first-order valence-corrected chi connectivity index (χ1v) is 7.39. The molecule has 4 nitrogen and oxygen atoms in total. The molecule has 2 aliphatic rings. The van der Waals surface area contributed by atoms with Gasteiger partial charge in [-0.1, -0.05) is 0 Å². The maximum absolute atomic E-state index is 10.9. The van der Waals surface area contributed by atoms with Gasteiger partial charge in [0.1, 0.15) is 6.10 Å². The van der Waals surface area contributed by atoms with E-state index in [9.17, 15) is 4.79 Å². The van der Waals surface area contributed by atoms with Crippen molar-refractivity contribution in [1.82, 2.24) is 4.98 Å². The first kappa shape index (κ1) is 11.5. The molecule has 0 saturated heterocycles. The number of carbonyl (C=O) groups is 1. The van der Waals surface area contributed by atoms with Crippen molar-refractivity contribution in [3.8, 4) is 0 Å². The van der Waals surface area contributed by atoms with Crippen LogP contribution >= 0.6 is 27.3 Å². The Morgan fingerprint density at radius 1 is 1.65 bits per heavy atom. The molecule has 0 radical (unpaired) electrons. The van der Waals surface area contributed by atoms with Crippen LogP contribution in [0.2, 0.25) is 0 Å². The second kappa shape index (κ2) is 4.24. The Balaban J connectivity index is 1.67. The number of ether oxygens (including phenoxy) is 1. The molecular formula is C11H13BrN2O2S. The molecule has 3 atom stereocenters. The van der Waals surface area contributed by atoms with Crippen molar-refractivity contribution in [3.05, 3.63) is 15.0 Å². The molecule has 2 saturated carbocycles. The Hall–Kier alpha value is -0.620. The number of rotatable bonds is 4. The Kier molecular flexibility index (Phi) is 2.86. The third kappa shape index (κ3) is 2.47. The summed E-state index contributed by atoms with van der Waals surface area (Å²) in [6.45, 7) is 0. The molecule has 2 aliphatic carbocycles. The van der Waals surface area contributed by atoms with Crippen LogP contribution in [-0.2, 0) is 4.74 Å². The SMILES string of the molecule is NC(=O)OC(C1CC1)C1CC1c1csc(Br)n1. The second-order valence-corrected chi connectivity index (χ2v) is 6.90. The maximum atomic E-state index is 10.9. The third-order valence-corrected chi connectivity index (χ3v) is 4.86. The zero-order chi connectivity index (χ0) is 12.0. The molecule has 1 amide bonds. The highest BCUT2D eigenvalue weighted by Gasteiger charge is 2.52. The summed E-state index contributed by atoms with van der Waals surface area (Å²) in [5.74, 6) is 1.39. The fourth-order valence-corrected chi connectivity index (χ4v) is 3.53. The molecule has 1 aromatic heterocycles. The minimum Gasteiger partial charge on any atom is -0.446 e. The largest absolute Gasteiger partial charge is 0.446 e.